The zero-order valence-corrected chi connectivity index (χ0v) is 9.33. The van der Waals surface area contributed by atoms with E-state index in [4.69, 9.17) is 11.6 Å². The molecule has 0 fully saturated rings. The monoisotopic (exact) mass is 265 g/mol. The van der Waals surface area contributed by atoms with E-state index in [2.05, 4.69) is 21.2 Å². The van der Waals surface area contributed by atoms with Gasteiger partial charge >= 0.3 is 0 Å². The molecule has 13 heavy (non-hydrogen) atoms. The average Bonchev–Trinajstić information content (AvgIpc) is 2.12. The minimum atomic E-state index is -0.294. The maximum atomic E-state index is 11.8. The van der Waals surface area contributed by atoms with Gasteiger partial charge in [-0.25, -0.2) is 0 Å². The van der Waals surface area contributed by atoms with Crippen LogP contribution in [0.1, 0.15) is 6.42 Å². The lowest BCUT2D eigenvalue weighted by Gasteiger charge is -2.05. The van der Waals surface area contributed by atoms with Crippen molar-refractivity contribution in [3.05, 3.63) is 27.7 Å². The second-order valence-corrected chi connectivity index (χ2v) is 3.86. The van der Waals surface area contributed by atoms with Gasteiger partial charge in [-0.15, -0.1) is 0 Å². The highest BCUT2D eigenvalue weighted by atomic mass is 79.9. The maximum absolute atomic E-state index is 11.8. The van der Waals surface area contributed by atoms with Crippen molar-refractivity contribution in [2.75, 3.05) is 18.5 Å². The van der Waals surface area contributed by atoms with Crippen molar-refractivity contribution in [3.8, 4) is 0 Å². The predicted molar refractivity (Wildman–Crippen MR) is 58.2 cm³/mol. The summed E-state index contributed by atoms with van der Waals surface area (Å²) in [5.41, 5.74) is 0.918. The molecule has 0 aliphatic carbocycles. The van der Waals surface area contributed by atoms with Crippen molar-refractivity contribution < 1.29 is 4.39 Å². The zero-order chi connectivity index (χ0) is 9.68. The summed E-state index contributed by atoms with van der Waals surface area (Å²) in [6, 6.07) is 5.57. The van der Waals surface area contributed by atoms with Gasteiger partial charge in [0.05, 0.1) is 11.7 Å². The van der Waals surface area contributed by atoms with Crippen LogP contribution in [0.4, 0.5) is 10.1 Å². The van der Waals surface area contributed by atoms with E-state index in [1.54, 1.807) is 0 Å². The van der Waals surface area contributed by atoms with Crippen molar-refractivity contribution in [2.45, 2.75) is 6.42 Å². The molecule has 72 valence electrons. The lowest BCUT2D eigenvalue weighted by atomic mass is 10.3. The van der Waals surface area contributed by atoms with E-state index in [9.17, 15) is 4.39 Å². The van der Waals surface area contributed by atoms with Gasteiger partial charge in [-0.3, -0.25) is 4.39 Å². The van der Waals surface area contributed by atoms with E-state index >= 15 is 0 Å². The molecule has 0 radical (unpaired) electrons. The standard InChI is InChI=1S/C9H10BrClFN/c10-8-3-2-7(6-9(8)11)13-5-1-4-12/h2-3,6,13H,1,4-5H2. The van der Waals surface area contributed by atoms with Gasteiger partial charge in [-0.2, -0.15) is 0 Å². The first kappa shape index (κ1) is 10.8. The van der Waals surface area contributed by atoms with Gasteiger partial charge in [0.15, 0.2) is 0 Å². The van der Waals surface area contributed by atoms with Gasteiger partial charge in [-0.05, 0) is 40.5 Å². The fraction of sp³-hybridized carbons (Fsp3) is 0.333. The van der Waals surface area contributed by atoms with Crippen molar-refractivity contribution in [1.29, 1.82) is 0 Å². The highest BCUT2D eigenvalue weighted by Gasteiger charge is 1.97. The van der Waals surface area contributed by atoms with E-state index < -0.39 is 0 Å². The molecule has 0 amide bonds. The lowest BCUT2D eigenvalue weighted by molar-refractivity contribution is 0.481. The quantitative estimate of drug-likeness (QED) is 0.816. The second-order valence-electron chi connectivity index (χ2n) is 2.60. The number of rotatable bonds is 4. The Balaban J connectivity index is 2.53. The number of nitrogens with one attached hydrogen (secondary N) is 1. The summed E-state index contributed by atoms with van der Waals surface area (Å²) in [6.07, 6.45) is 0.522. The molecule has 0 atom stereocenters. The Labute approximate surface area is 90.4 Å². The summed E-state index contributed by atoms with van der Waals surface area (Å²) in [5.74, 6) is 0. The molecular formula is C9H10BrClFN. The van der Waals surface area contributed by atoms with Gasteiger partial charge in [0.25, 0.3) is 0 Å². The molecular weight excluding hydrogens is 256 g/mol. The van der Waals surface area contributed by atoms with Gasteiger partial charge in [0.1, 0.15) is 0 Å². The largest absolute Gasteiger partial charge is 0.385 e. The Kier molecular flexibility index (Phi) is 4.53. The van der Waals surface area contributed by atoms with Crippen LogP contribution in [0.25, 0.3) is 0 Å². The van der Waals surface area contributed by atoms with Crippen molar-refractivity contribution >= 4 is 33.2 Å². The Morgan fingerprint density at radius 3 is 2.85 bits per heavy atom. The van der Waals surface area contributed by atoms with E-state index in [-0.39, 0.29) is 6.67 Å². The number of benzene rings is 1. The zero-order valence-electron chi connectivity index (χ0n) is 6.99. The number of hydrogen-bond acceptors (Lipinski definition) is 1. The Bertz CT molecular complexity index is 280. The molecule has 0 aromatic heterocycles. The summed E-state index contributed by atoms with van der Waals surface area (Å²) in [5, 5.41) is 3.73. The topological polar surface area (TPSA) is 12.0 Å². The Hall–Kier alpha value is -0.280. The molecule has 0 saturated heterocycles. The van der Waals surface area contributed by atoms with Crippen LogP contribution in [0.5, 0.6) is 0 Å². The maximum Gasteiger partial charge on any atom is 0.0911 e. The minimum absolute atomic E-state index is 0.294. The molecule has 1 rings (SSSR count). The molecule has 0 aliphatic heterocycles. The fourth-order valence-corrected chi connectivity index (χ4v) is 1.33. The number of hydrogen-bond donors (Lipinski definition) is 1. The van der Waals surface area contributed by atoms with Crippen molar-refractivity contribution in [1.82, 2.24) is 0 Å². The van der Waals surface area contributed by atoms with E-state index in [0.717, 1.165) is 10.2 Å². The average molecular weight is 267 g/mol. The van der Waals surface area contributed by atoms with Gasteiger partial charge in [-0.1, -0.05) is 11.6 Å². The number of anilines is 1. The normalized spacial score (nSPS) is 10.1. The first-order chi connectivity index (χ1) is 6.24. The predicted octanol–water partition coefficient (Wildman–Crippen LogP) is 3.87. The summed E-state index contributed by atoms with van der Waals surface area (Å²) >= 11 is 9.16. The SMILES string of the molecule is FCCCNc1ccc(Br)c(Cl)c1. The molecule has 0 unspecified atom stereocenters. The van der Waals surface area contributed by atoms with Crippen LogP contribution in [-0.4, -0.2) is 13.2 Å². The van der Waals surface area contributed by atoms with Crippen molar-refractivity contribution in [3.63, 3.8) is 0 Å². The van der Waals surface area contributed by atoms with Crippen LogP contribution < -0.4 is 5.32 Å². The highest BCUT2D eigenvalue weighted by Crippen LogP contribution is 2.25. The molecule has 0 saturated carbocycles. The first-order valence-corrected chi connectivity index (χ1v) is 5.16. The highest BCUT2D eigenvalue weighted by molar-refractivity contribution is 9.10. The summed E-state index contributed by atoms with van der Waals surface area (Å²) in [4.78, 5) is 0. The lowest BCUT2D eigenvalue weighted by Crippen LogP contribution is -2.01. The second kappa shape index (κ2) is 5.45. The molecule has 1 nitrogen and oxygen atoms in total. The molecule has 0 aliphatic rings. The molecule has 0 bridgehead atoms. The Morgan fingerprint density at radius 2 is 2.23 bits per heavy atom. The van der Waals surface area contributed by atoms with Gasteiger partial charge < -0.3 is 5.32 Å². The third-order valence-electron chi connectivity index (χ3n) is 1.56. The third kappa shape index (κ3) is 3.53. The number of halogens is 3. The van der Waals surface area contributed by atoms with Crippen LogP contribution >= 0.6 is 27.5 Å². The molecule has 0 spiro atoms. The molecule has 4 heteroatoms. The molecule has 1 aromatic rings. The third-order valence-corrected chi connectivity index (χ3v) is 2.79. The summed E-state index contributed by atoms with van der Waals surface area (Å²) in [6.45, 7) is 0.339. The molecule has 0 heterocycles. The smallest absolute Gasteiger partial charge is 0.0911 e. The minimum Gasteiger partial charge on any atom is -0.385 e. The first-order valence-electron chi connectivity index (χ1n) is 3.99. The van der Waals surface area contributed by atoms with Crippen LogP contribution in [-0.2, 0) is 0 Å². The van der Waals surface area contributed by atoms with Gasteiger partial charge in [0.2, 0.25) is 0 Å². The number of alkyl halides is 1. The molecule has 1 aromatic carbocycles. The van der Waals surface area contributed by atoms with Crippen molar-refractivity contribution in [2.24, 2.45) is 0 Å². The van der Waals surface area contributed by atoms with E-state index in [1.807, 2.05) is 18.2 Å². The van der Waals surface area contributed by atoms with E-state index in [1.165, 1.54) is 0 Å². The fourth-order valence-electron chi connectivity index (χ4n) is 0.906. The van der Waals surface area contributed by atoms with Gasteiger partial charge in [0, 0.05) is 16.7 Å². The summed E-state index contributed by atoms with van der Waals surface area (Å²) < 4.78 is 12.6. The molecule has 1 N–H and O–H groups in total. The van der Waals surface area contributed by atoms with Crippen LogP contribution in [0.15, 0.2) is 22.7 Å². The van der Waals surface area contributed by atoms with E-state index in [0.29, 0.717) is 18.0 Å². The summed E-state index contributed by atoms with van der Waals surface area (Å²) in [7, 11) is 0. The Morgan fingerprint density at radius 1 is 1.46 bits per heavy atom. The van der Waals surface area contributed by atoms with Crippen LogP contribution in [0, 0.1) is 0 Å². The van der Waals surface area contributed by atoms with Crippen LogP contribution in [0.2, 0.25) is 5.02 Å². The van der Waals surface area contributed by atoms with Crippen LogP contribution in [0.3, 0.4) is 0 Å².